The molecular weight excluding hydrogens is 394 g/mol. The van der Waals surface area contributed by atoms with Crippen LogP contribution in [0.4, 0.5) is 4.79 Å². The number of carbonyl (C=O) groups is 2. The first-order valence-electron chi connectivity index (χ1n) is 9.80. The molecule has 1 fully saturated rings. The molecule has 8 nitrogen and oxygen atoms in total. The summed E-state index contributed by atoms with van der Waals surface area (Å²) < 4.78 is 5.06. The molecule has 0 atom stereocenters. The highest BCUT2D eigenvalue weighted by molar-refractivity contribution is 6.31. The lowest BCUT2D eigenvalue weighted by molar-refractivity contribution is -0.127. The van der Waals surface area contributed by atoms with Crippen LogP contribution in [0.25, 0.3) is 0 Å². The molecule has 1 heterocycles. The van der Waals surface area contributed by atoms with E-state index in [4.69, 9.17) is 16.3 Å². The minimum Gasteiger partial charge on any atom is -0.450 e. The molecule has 1 aromatic carbocycles. The number of nitrogens with one attached hydrogen (secondary N) is 2. The van der Waals surface area contributed by atoms with Crippen LogP contribution in [-0.2, 0) is 16.1 Å². The average molecular weight is 424 g/mol. The van der Waals surface area contributed by atoms with Gasteiger partial charge in [0.15, 0.2) is 5.96 Å². The van der Waals surface area contributed by atoms with Crippen molar-refractivity contribution in [2.45, 2.75) is 32.4 Å². The van der Waals surface area contributed by atoms with Gasteiger partial charge in [-0.15, -0.1) is 0 Å². The minimum absolute atomic E-state index is 0.0469. The summed E-state index contributed by atoms with van der Waals surface area (Å²) in [4.78, 5) is 31.6. The molecule has 0 aromatic heterocycles. The number of hydrogen-bond donors (Lipinski definition) is 2. The number of piperidine rings is 1. The van der Waals surface area contributed by atoms with Crippen molar-refractivity contribution in [2.24, 2.45) is 4.99 Å². The van der Waals surface area contributed by atoms with E-state index >= 15 is 0 Å². The number of likely N-dealkylation sites (tertiary alicyclic amines) is 1. The number of hydrogen-bond acceptors (Lipinski definition) is 4. The Bertz CT molecular complexity index is 718. The first kappa shape index (κ1) is 22.8. The van der Waals surface area contributed by atoms with Crippen LogP contribution in [0, 0.1) is 0 Å². The molecule has 1 saturated heterocycles. The number of likely N-dealkylation sites (N-methyl/N-ethyl adjacent to an activating group) is 1. The zero-order chi connectivity index (χ0) is 21.2. The van der Waals surface area contributed by atoms with E-state index in [1.165, 1.54) is 4.90 Å². The normalized spacial score (nSPS) is 15.0. The van der Waals surface area contributed by atoms with Gasteiger partial charge in [0, 0.05) is 38.2 Å². The lowest BCUT2D eigenvalue weighted by Crippen LogP contribution is -2.51. The van der Waals surface area contributed by atoms with Crippen LogP contribution >= 0.6 is 11.6 Å². The summed E-state index contributed by atoms with van der Waals surface area (Å²) in [5, 5.41) is 7.12. The largest absolute Gasteiger partial charge is 0.450 e. The molecule has 29 heavy (non-hydrogen) atoms. The maximum atomic E-state index is 11.9. The highest BCUT2D eigenvalue weighted by Crippen LogP contribution is 2.16. The molecular formula is C20H30ClN5O3. The van der Waals surface area contributed by atoms with Gasteiger partial charge in [-0.2, -0.15) is 0 Å². The second kappa shape index (κ2) is 11.5. The fraction of sp³-hybridized carbons (Fsp3) is 0.550. The number of guanidine groups is 1. The van der Waals surface area contributed by atoms with Gasteiger partial charge in [-0.05, 0) is 31.4 Å². The second-order valence-corrected chi connectivity index (χ2v) is 7.41. The van der Waals surface area contributed by atoms with Crippen molar-refractivity contribution in [3.05, 3.63) is 34.9 Å². The van der Waals surface area contributed by atoms with Crippen LogP contribution in [0.15, 0.2) is 29.3 Å². The van der Waals surface area contributed by atoms with Crippen molar-refractivity contribution in [2.75, 3.05) is 40.3 Å². The standard InChI is InChI=1S/C20H30ClN5O3/c1-4-29-20(28)26-11-9-16(10-12-26)24-19(23-14-18(27)25(2)3)22-13-15-7-5-6-8-17(15)21/h5-8,16H,4,9-14H2,1-3H3,(H2,22,23,24). The molecule has 1 aliphatic rings. The van der Waals surface area contributed by atoms with Crippen LogP contribution < -0.4 is 10.6 Å². The number of carbonyl (C=O) groups excluding carboxylic acids is 2. The van der Waals surface area contributed by atoms with E-state index in [9.17, 15) is 9.59 Å². The monoisotopic (exact) mass is 423 g/mol. The summed E-state index contributed by atoms with van der Waals surface area (Å²) in [5.74, 6) is 0.504. The maximum Gasteiger partial charge on any atom is 0.409 e. The molecule has 0 unspecified atom stereocenters. The van der Waals surface area contributed by atoms with Gasteiger partial charge in [0.2, 0.25) is 5.91 Å². The Hall–Kier alpha value is -2.48. The Balaban J connectivity index is 1.98. The zero-order valence-electron chi connectivity index (χ0n) is 17.3. The number of rotatable bonds is 6. The molecule has 0 aliphatic carbocycles. The van der Waals surface area contributed by atoms with Crippen LogP contribution in [0.5, 0.6) is 0 Å². The first-order valence-corrected chi connectivity index (χ1v) is 10.2. The van der Waals surface area contributed by atoms with Gasteiger partial charge in [0.05, 0.1) is 19.7 Å². The first-order chi connectivity index (χ1) is 13.9. The lowest BCUT2D eigenvalue weighted by Gasteiger charge is -2.32. The number of aliphatic imine (C=N–C) groups is 1. The highest BCUT2D eigenvalue weighted by atomic mass is 35.5. The van der Waals surface area contributed by atoms with Gasteiger partial charge in [-0.25, -0.2) is 9.79 Å². The van der Waals surface area contributed by atoms with E-state index in [1.807, 2.05) is 24.3 Å². The van der Waals surface area contributed by atoms with Crippen molar-refractivity contribution < 1.29 is 14.3 Å². The van der Waals surface area contributed by atoms with Crippen molar-refractivity contribution in [3.8, 4) is 0 Å². The van der Waals surface area contributed by atoms with Gasteiger partial charge in [0.1, 0.15) is 0 Å². The summed E-state index contributed by atoms with van der Waals surface area (Å²) in [6.45, 7) is 3.94. The van der Waals surface area contributed by atoms with Crippen LogP contribution in [-0.4, -0.2) is 74.1 Å². The molecule has 1 aliphatic heterocycles. The number of halogens is 1. The van der Waals surface area contributed by atoms with E-state index in [0.717, 1.165) is 18.4 Å². The molecule has 2 rings (SSSR count). The lowest BCUT2D eigenvalue weighted by atomic mass is 10.1. The predicted molar refractivity (Wildman–Crippen MR) is 114 cm³/mol. The van der Waals surface area contributed by atoms with Gasteiger partial charge < -0.3 is 25.2 Å². The SMILES string of the molecule is CCOC(=O)N1CCC(NC(=NCc2ccccc2Cl)NCC(=O)N(C)C)CC1. The van der Waals surface area contributed by atoms with E-state index < -0.39 is 0 Å². The van der Waals surface area contributed by atoms with Gasteiger partial charge >= 0.3 is 6.09 Å². The minimum atomic E-state index is -0.270. The Morgan fingerprint density at radius 3 is 2.59 bits per heavy atom. The third-order valence-electron chi connectivity index (χ3n) is 4.63. The van der Waals surface area contributed by atoms with Crippen molar-refractivity contribution >= 4 is 29.6 Å². The number of nitrogens with zero attached hydrogens (tertiary/aromatic N) is 3. The Kier molecular flexibility index (Phi) is 9.05. The zero-order valence-corrected chi connectivity index (χ0v) is 18.0. The quantitative estimate of drug-likeness (QED) is 0.540. The van der Waals surface area contributed by atoms with E-state index in [-0.39, 0.29) is 24.6 Å². The Labute approximate surface area is 177 Å². The molecule has 0 radical (unpaired) electrons. The summed E-state index contributed by atoms with van der Waals surface area (Å²) in [6, 6.07) is 7.69. The fourth-order valence-electron chi connectivity index (χ4n) is 2.88. The van der Waals surface area contributed by atoms with Crippen molar-refractivity contribution in [3.63, 3.8) is 0 Å². The van der Waals surface area contributed by atoms with E-state index in [0.29, 0.717) is 37.2 Å². The molecule has 0 bridgehead atoms. The molecule has 1 aromatic rings. The number of amides is 2. The summed E-state index contributed by atoms with van der Waals surface area (Å²) in [6.07, 6.45) is 1.27. The molecule has 2 amide bonds. The van der Waals surface area contributed by atoms with Crippen molar-refractivity contribution in [1.29, 1.82) is 0 Å². The van der Waals surface area contributed by atoms with Crippen LogP contribution in [0.2, 0.25) is 5.02 Å². The maximum absolute atomic E-state index is 11.9. The van der Waals surface area contributed by atoms with Crippen molar-refractivity contribution in [1.82, 2.24) is 20.4 Å². The smallest absolute Gasteiger partial charge is 0.409 e. The van der Waals surface area contributed by atoms with E-state index in [2.05, 4.69) is 15.6 Å². The summed E-state index contributed by atoms with van der Waals surface area (Å²) in [7, 11) is 3.42. The predicted octanol–water partition coefficient (Wildman–Crippen LogP) is 2.08. The third kappa shape index (κ3) is 7.45. The van der Waals surface area contributed by atoms with Gasteiger partial charge in [-0.3, -0.25) is 4.79 Å². The molecule has 0 saturated carbocycles. The van der Waals surface area contributed by atoms with Crippen LogP contribution in [0.3, 0.4) is 0 Å². The second-order valence-electron chi connectivity index (χ2n) is 7.00. The Morgan fingerprint density at radius 2 is 1.97 bits per heavy atom. The van der Waals surface area contributed by atoms with Crippen LogP contribution in [0.1, 0.15) is 25.3 Å². The third-order valence-corrected chi connectivity index (χ3v) is 5.00. The number of benzene rings is 1. The summed E-state index contributed by atoms with van der Waals surface area (Å²) >= 11 is 6.22. The highest BCUT2D eigenvalue weighted by Gasteiger charge is 2.24. The Morgan fingerprint density at radius 1 is 1.28 bits per heavy atom. The van der Waals surface area contributed by atoms with E-state index in [1.54, 1.807) is 25.9 Å². The van der Waals surface area contributed by atoms with Gasteiger partial charge in [-0.1, -0.05) is 29.8 Å². The summed E-state index contributed by atoms with van der Waals surface area (Å²) in [5.41, 5.74) is 0.909. The van der Waals surface area contributed by atoms with Gasteiger partial charge in [0.25, 0.3) is 0 Å². The molecule has 2 N–H and O–H groups in total. The molecule has 0 spiro atoms. The molecule has 160 valence electrons. The fourth-order valence-corrected chi connectivity index (χ4v) is 3.07. The molecule has 9 heteroatoms. The topological polar surface area (TPSA) is 86.3 Å². The number of ether oxygens (including phenoxy) is 1. The average Bonchev–Trinajstić information content (AvgIpc) is 2.71.